The van der Waals surface area contributed by atoms with Crippen LogP contribution in [-0.2, 0) is 0 Å². The zero-order valence-electron chi connectivity index (χ0n) is 17.1. The number of methoxy groups -OCH3 is 1. The Hall–Kier alpha value is -4.08. The number of ether oxygens (including phenoxy) is 2. The number of fused-ring (bicyclic) bond motifs is 1. The molecule has 0 aliphatic heterocycles. The summed E-state index contributed by atoms with van der Waals surface area (Å²) in [6.07, 6.45) is 4.77. The minimum Gasteiger partial charge on any atom is -0.494 e. The van der Waals surface area contributed by atoms with Crippen LogP contribution in [0.1, 0.15) is 10.4 Å². The van der Waals surface area contributed by atoms with E-state index in [0.29, 0.717) is 22.5 Å². The molecule has 1 aromatic carbocycles. The SMILES string of the molecule is COc1c(-c2ccc(-c3ccc(OCCO)nc3)cc2)nc2ccncc2c1C(=O)NO. The normalized spacial score (nSPS) is 10.7. The van der Waals surface area contributed by atoms with Gasteiger partial charge in [-0.2, -0.15) is 0 Å². The van der Waals surface area contributed by atoms with Crippen LogP contribution in [0.15, 0.2) is 61.1 Å². The van der Waals surface area contributed by atoms with Crippen molar-refractivity contribution >= 4 is 16.8 Å². The molecular formula is C23H20N4O5. The van der Waals surface area contributed by atoms with E-state index in [1.807, 2.05) is 30.3 Å². The average Bonchev–Trinajstić information content (AvgIpc) is 2.86. The zero-order valence-corrected chi connectivity index (χ0v) is 17.1. The molecule has 3 N–H and O–H groups in total. The monoisotopic (exact) mass is 432 g/mol. The molecule has 162 valence electrons. The van der Waals surface area contributed by atoms with Crippen molar-refractivity contribution in [2.45, 2.75) is 0 Å². The number of hydrogen-bond donors (Lipinski definition) is 3. The predicted octanol–water partition coefficient (Wildman–Crippen LogP) is 2.86. The lowest BCUT2D eigenvalue weighted by Gasteiger charge is -2.15. The van der Waals surface area contributed by atoms with Crippen LogP contribution in [0.2, 0.25) is 0 Å². The maximum Gasteiger partial charge on any atom is 0.279 e. The Labute approximate surface area is 183 Å². The standard InChI is InChI=1S/C23H20N4O5/c1-31-22-20(23(29)27-30)17-13-24-9-8-18(17)26-21(22)15-4-2-14(3-5-15)16-6-7-19(25-12-16)32-11-10-28/h2-9,12-13,28,30H,10-11H2,1H3,(H,27,29). The summed E-state index contributed by atoms with van der Waals surface area (Å²) in [6, 6.07) is 12.8. The van der Waals surface area contributed by atoms with Gasteiger partial charge in [0.25, 0.3) is 5.91 Å². The Bertz CT molecular complexity index is 1240. The number of aromatic nitrogens is 3. The van der Waals surface area contributed by atoms with Gasteiger partial charge in [-0.25, -0.2) is 15.4 Å². The maximum absolute atomic E-state index is 12.4. The second-order valence-corrected chi connectivity index (χ2v) is 6.74. The van der Waals surface area contributed by atoms with E-state index in [9.17, 15) is 10.0 Å². The van der Waals surface area contributed by atoms with Gasteiger partial charge in [-0.1, -0.05) is 24.3 Å². The van der Waals surface area contributed by atoms with E-state index >= 15 is 0 Å². The van der Waals surface area contributed by atoms with Crippen LogP contribution in [0.4, 0.5) is 0 Å². The number of aliphatic hydroxyl groups is 1. The molecule has 0 unspecified atom stereocenters. The minimum atomic E-state index is -0.713. The van der Waals surface area contributed by atoms with Crippen molar-refractivity contribution in [1.82, 2.24) is 20.4 Å². The number of pyridine rings is 3. The van der Waals surface area contributed by atoms with E-state index in [4.69, 9.17) is 14.6 Å². The zero-order chi connectivity index (χ0) is 22.5. The molecule has 0 saturated carbocycles. The number of nitrogens with one attached hydrogen (secondary N) is 1. The van der Waals surface area contributed by atoms with E-state index in [1.54, 1.807) is 30.0 Å². The Kier molecular flexibility index (Phi) is 6.20. The average molecular weight is 432 g/mol. The lowest BCUT2D eigenvalue weighted by molar-refractivity contribution is 0.0705. The van der Waals surface area contributed by atoms with Crippen LogP contribution in [-0.4, -0.2) is 51.5 Å². The first kappa shape index (κ1) is 21.2. The second-order valence-electron chi connectivity index (χ2n) is 6.74. The third-order valence-electron chi connectivity index (χ3n) is 4.84. The second kappa shape index (κ2) is 9.38. The quantitative estimate of drug-likeness (QED) is 0.301. The highest BCUT2D eigenvalue weighted by molar-refractivity contribution is 6.09. The van der Waals surface area contributed by atoms with Gasteiger partial charge in [0, 0.05) is 41.2 Å². The highest BCUT2D eigenvalue weighted by Gasteiger charge is 2.22. The van der Waals surface area contributed by atoms with Crippen molar-refractivity contribution in [2.75, 3.05) is 20.3 Å². The molecule has 9 heteroatoms. The van der Waals surface area contributed by atoms with Crippen molar-refractivity contribution in [3.05, 3.63) is 66.6 Å². The first-order valence-corrected chi connectivity index (χ1v) is 9.73. The predicted molar refractivity (Wildman–Crippen MR) is 117 cm³/mol. The van der Waals surface area contributed by atoms with Gasteiger partial charge in [0.05, 0.1) is 24.8 Å². The third-order valence-corrected chi connectivity index (χ3v) is 4.84. The van der Waals surface area contributed by atoms with Crippen molar-refractivity contribution in [2.24, 2.45) is 0 Å². The van der Waals surface area contributed by atoms with Crippen LogP contribution in [0.25, 0.3) is 33.3 Å². The Morgan fingerprint density at radius 1 is 1.03 bits per heavy atom. The van der Waals surface area contributed by atoms with Crippen molar-refractivity contribution in [3.63, 3.8) is 0 Å². The molecule has 1 amide bonds. The van der Waals surface area contributed by atoms with E-state index in [2.05, 4.69) is 15.0 Å². The van der Waals surface area contributed by atoms with Crippen LogP contribution in [0, 0.1) is 0 Å². The highest BCUT2D eigenvalue weighted by Crippen LogP contribution is 2.36. The molecule has 0 radical (unpaired) electrons. The van der Waals surface area contributed by atoms with E-state index in [-0.39, 0.29) is 24.5 Å². The number of benzene rings is 1. The molecular weight excluding hydrogens is 412 g/mol. The summed E-state index contributed by atoms with van der Waals surface area (Å²) < 4.78 is 10.8. The number of aliphatic hydroxyl groups excluding tert-OH is 1. The summed E-state index contributed by atoms with van der Waals surface area (Å²) in [5.74, 6) is -0.0414. The van der Waals surface area contributed by atoms with Gasteiger partial charge < -0.3 is 14.6 Å². The van der Waals surface area contributed by atoms with Crippen molar-refractivity contribution in [3.8, 4) is 34.0 Å². The lowest BCUT2D eigenvalue weighted by Crippen LogP contribution is -2.20. The fourth-order valence-electron chi connectivity index (χ4n) is 3.37. The highest BCUT2D eigenvalue weighted by atomic mass is 16.5. The smallest absolute Gasteiger partial charge is 0.279 e. The first-order valence-electron chi connectivity index (χ1n) is 9.73. The van der Waals surface area contributed by atoms with Crippen LogP contribution in [0.5, 0.6) is 11.6 Å². The summed E-state index contributed by atoms with van der Waals surface area (Å²) in [5.41, 5.74) is 5.36. The van der Waals surface area contributed by atoms with Crippen LogP contribution < -0.4 is 15.0 Å². The number of carbonyl (C=O) groups is 1. The largest absolute Gasteiger partial charge is 0.494 e. The topological polar surface area (TPSA) is 127 Å². The first-order chi connectivity index (χ1) is 15.7. The molecule has 0 atom stereocenters. The van der Waals surface area contributed by atoms with Gasteiger partial charge in [0.2, 0.25) is 5.88 Å². The van der Waals surface area contributed by atoms with E-state index in [1.165, 1.54) is 13.3 Å². The molecule has 4 aromatic rings. The van der Waals surface area contributed by atoms with Gasteiger partial charge >= 0.3 is 0 Å². The minimum absolute atomic E-state index is 0.0741. The fraction of sp³-hybridized carbons (Fsp3) is 0.130. The summed E-state index contributed by atoms with van der Waals surface area (Å²) in [6.45, 7) is 0.114. The van der Waals surface area contributed by atoms with Gasteiger partial charge in [-0.05, 0) is 17.7 Å². The van der Waals surface area contributed by atoms with Crippen molar-refractivity contribution < 1.29 is 24.6 Å². The van der Waals surface area contributed by atoms with Crippen LogP contribution in [0.3, 0.4) is 0 Å². The molecule has 32 heavy (non-hydrogen) atoms. The number of rotatable bonds is 7. The molecule has 0 fully saturated rings. The Morgan fingerprint density at radius 2 is 1.78 bits per heavy atom. The molecule has 0 aliphatic carbocycles. The maximum atomic E-state index is 12.4. The van der Waals surface area contributed by atoms with E-state index in [0.717, 1.165) is 16.7 Å². The summed E-state index contributed by atoms with van der Waals surface area (Å²) in [4.78, 5) is 25.3. The fourth-order valence-corrected chi connectivity index (χ4v) is 3.37. The Balaban J connectivity index is 1.74. The van der Waals surface area contributed by atoms with Gasteiger partial charge in [0.1, 0.15) is 12.3 Å². The third kappa shape index (κ3) is 4.07. The number of nitrogens with zero attached hydrogens (tertiary/aromatic N) is 3. The summed E-state index contributed by atoms with van der Waals surface area (Å²) in [5, 5.41) is 18.5. The molecule has 9 nitrogen and oxygen atoms in total. The number of hydrogen-bond acceptors (Lipinski definition) is 8. The molecule has 3 heterocycles. The van der Waals surface area contributed by atoms with E-state index < -0.39 is 5.91 Å². The molecule has 4 rings (SSSR count). The molecule has 0 aliphatic rings. The molecule has 0 saturated heterocycles. The Morgan fingerprint density at radius 3 is 2.44 bits per heavy atom. The van der Waals surface area contributed by atoms with Gasteiger partial charge in [0.15, 0.2) is 5.75 Å². The van der Waals surface area contributed by atoms with Gasteiger partial charge in [-0.15, -0.1) is 0 Å². The number of hydroxylamine groups is 1. The molecule has 0 spiro atoms. The van der Waals surface area contributed by atoms with Crippen molar-refractivity contribution in [1.29, 1.82) is 0 Å². The van der Waals surface area contributed by atoms with Gasteiger partial charge in [-0.3, -0.25) is 15.0 Å². The lowest BCUT2D eigenvalue weighted by atomic mass is 10.0. The number of amides is 1. The summed E-state index contributed by atoms with van der Waals surface area (Å²) >= 11 is 0. The van der Waals surface area contributed by atoms with Crippen LogP contribution >= 0.6 is 0 Å². The molecule has 0 bridgehead atoms. The summed E-state index contributed by atoms with van der Waals surface area (Å²) in [7, 11) is 1.44. The number of carbonyl (C=O) groups excluding carboxylic acids is 1. The molecule has 3 aromatic heterocycles.